The van der Waals surface area contributed by atoms with Gasteiger partial charge in [-0.3, -0.25) is 13.3 Å². The van der Waals surface area contributed by atoms with Crippen LogP contribution in [0.2, 0.25) is 0 Å². The minimum atomic E-state index is -4.98. The second-order valence-corrected chi connectivity index (χ2v) is 5.13. The van der Waals surface area contributed by atoms with E-state index < -0.39 is 51.5 Å². The summed E-state index contributed by atoms with van der Waals surface area (Å²) in [6.07, 6.45) is -1.79. The van der Waals surface area contributed by atoms with Crippen LogP contribution >= 0.6 is 0 Å². The van der Waals surface area contributed by atoms with Gasteiger partial charge in [0, 0.05) is 0 Å². The predicted octanol–water partition coefficient (Wildman–Crippen LogP) is -2.20. The molecule has 0 rings (SSSR count). The van der Waals surface area contributed by atoms with Crippen molar-refractivity contribution in [3.63, 3.8) is 0 Å². The van der Waals surface area contributed by atoms with Crippen molar-refractivity contribution in [1.29, 1.82) is 0 Å². The highest BCUT2D eigenvalue weighted by Crippen LogP contribution is 2.02. The molecule has 0 saturated heterocycles. The first-order chi connectivity index (χ1) is 7.49. The average molecular weight is 315 g/mol. The van der Waals surface area contributed by atoms with Crippen molar-refractivity contribution in [2.24, 2.45) is 0 Å². The SMILES string of the molecule is O=S([O-])OCC(COS(=O)(=O)O)OS(=O)(=O)O. The molecule has 0 aliphatic rings. The molecule has 0 amide bonds. The zero-order valence-corrected chi connectivity index (χ0v) is 10.2. The van der Waals surface area contributed by atoms with E-state index >= 15 is 0 Å². The van der Waals surface area contributed by atoms with E-state index in [1.54, 1.807) is 0 Å². The van der Waals surface area contributed by atoms with E-state index in [1.807, 2.05) is 0 Å². The molecule has 0 heterocycles. The van der Waals surface area contributed by atoms with Crippen molar-refractivity contribution in [2.45, 2.75) is 6.10 Å². The van der Waals surface area contributed by atoms with Gasteiger partial charge in [0.2, 0.25) is 0 Å². The fraction of sp³-hybridized carbons (Fsp3) is 1.00. The Hall–Kier alpha value is -0.190. The van der Waals surface area contributed by atoms with Crippen molar-refractivity contribution in [2.75, 3.05) is 13.2 Å². The van der Waals surface area contributed by atoms with Crippen LogP contribution in [0.15, 0.2) is 0 Å². The van der Waals surface area contributed by atoms with Gasteiger partial charge in [0.1, 0.15) is 6.10 Å². The summed E-state index contributed by atoms with van der Waals surface area (Å²) >= 11 is -3.01. The molecular formula is C3H7O11S3-. The summed E-state index contributed by atoms with van der Waals surface area (Å²) in [7, 11) is -9.86. The van der Waals surface area contributed by atoms with Crippen LogP contribution in [0.25, 0.3) is 0 Å². The number of hydrogen-bond acceptors (Lipinski definition) is 9. The minimum absolute atomic E-state index is 0.953. The summed E-state index contributed by atoms with van der Waals surface area (Å²) < 4.78 is 88.6. The van der Waals surface area contributed by atoms with Crippen LogP contribution in [0.1, 0.15) is 0 Å². The molecule has 2 atom stereocenters. The maximum absolute atomic E-state index is 10.3. The van der Waals surface area contributed by atoms with E-state index in [4.69, 9.17) is 9.11 Å². The van der Waals surface area contributed by atoms with Gasteiger partial charge < -0.3 is 4.55 Å². The molecule has 0 radical (unpaired) electrons. The molecule has 11 nitrogen and oxygen atoms in total. The van der Waals surface area contributed by atoms with Crippen molar-refractivity contribution >= 4 is 32.2 Å². The van der Waals surface area contributed by atoms with Gasteiger partial charge in [-0.1, -0.05) is 0 Å². The molecule has 0 spiro atoms. The highest BCUT2D eigenvalue weighted by molar-refractivity contribution is 7.81. The molecule has 0 aromatic carbocycles. The molecule has 0 aromatic rings. The number of rotatable bonds is 8. The Balaban J connectivity index is 4.45. The van der Waals surface area contributed by atoms with E-state index in [2.05, 4.69) is 12.5 Å². The Morgan fingerprint density at radius 1 is 1.12 bits per heavy atom. The molecule has 17 heavy (non-hydrogen) atoms. The first-order valence-corrected chi connectivity index (χ1v) is 7.22. The third-order valence-corrected chi connectivity index (χ3v) is 2.29. The minimum Gasteiger partial charge on any atom is -0.750 e. The summed E-state index contributed by atoms with van der Waals surface area (Å²) in [6.45, 7) is -2.04. The van der Waals surface area contributed by atoms with E-state index in [0.29, 0.717) is 0 Å². The Morgan fingerprint density at radius 3 is 2.00 bits per heavy atom. The topological polar surface area (TPSA) is 177 Å². The highest BCUT2D eigenvalue weighted by Gasteiger charge is 2.21. The van der Waals surface area contributed by atoms with Gasteiger partial charge in [-0.2, -0.15) is 16.8 Å². The molecular weight excluding hydrogens is 308 g/mol. The fourth-order valence-electron chi connectivity index (χ4n) is 0.569. The molecule has 0 fully saturated rings. The summed E-state index contributed by atoms with van der Waals surface area (Å²) in [5, 5.41) is 0. The van der Waals surface area contributed by atoms with Crippen molar-refractivity contribution < 1.29 is 47.3 Å². The largest absolute Gasteiger partial charge is 0.750 e. The van der Waals surface area contributed by atoms with E-state index in [0.717, 1.165) is 0 Å². The van der Waals surface area contributed by atoms with Crippen LogP contribution in [-0.4, -0.2) is 54.0 Å². The third kappa shape index (κ3) is 12.1. The zero-order valence-electron chi connectivity index (χ0n) is 7.78. The highest BCUT2D eigenvalue weighted by atomic mass is 32.3. The average Bonchev–Trinajstić information content (AvgIpc) is 2.06. The molecule has 104 valence electrons. The summed E-state index contributed by atoms with van der Waals surface area (Å²) in [6, 6.07) is 0. The van der Waals surface area contributed by atoms with Crippen molar-refractivity contribution in [3.05, 3.63) is 0 Å². The lowest BCUT2D eigenvalue weighted by Crippen LogP contribution is -2.29. The quantitative estimate of drug-likeness (QED) is 0.367. The van der Waals surface area contributed by atoms with E-state index in [1.165, 1.54) is 0 Å². The summed E-state index contributed by atoms with van der Waals surface area (Å²) in [4.78, 5) is 0. The lowest BCUT2D eigenvalue weighted by molar-refractivity contribution is 0.0743. The van der Waals surface area contributed by atoms with Crippen LogP contribution in [0.3, 0.4) is 0 Å². The molecule has 14 heteroatoms. The Morgan fingerprint density at radius 2 is 1.65 bits per heavy atom. The Labute approximate surface area is 99.1 Å². The molecule has 0 aromatic heterocycles. The lowest BCUT2D eigenvalue weighted by atomic mass is 10.4. The Kier molecular flexibility index (Phi) is 6.59. The van der Waals surface area contributed by atoms with Gasteiger partial charge in [-0.25, -0.2) is 12.6 Å². The molecule has 0 saturated carbocycles. The lowest BCUT2D eigenvalue weighted by Gasteiger charge is -2.15. The fourth-order valence-corrected chi connectivity index (χ4v) is 1.61. The number of hydrogen-bond donors (Lipinski definition) is 2. The predicted molar refractivity (Wildman–Crippen MR) is 48.8 cm³/mol. The van der Waals surface area contributed by atoms with E-state index in [9.17, 15) is 25.6 Å². The second-order valence-electron chi connectivity index (χ2n) is 2.35. The van der Waals surface area contributed by atoms with Crippen LogP contribution < -0.4 is 0 Å². The zero-order chi connectivity index (χ0) is 13.7. The second kappa shape index (κ2) is 6.66. The maximum Gasteiger partial charge on any atom is 0.397 e. The first kappa shape index (κ1) is 16.8. The van der Waals surface area contributed by atoms with Gasteiger partial charge >= 0.3 is 20.8 Å². The van der Waals surface area contributed by atoms with E-state index in [-0.39, 0.29) is 0 Å². The summed E-state index contributed by atoms with van der Waals surface area (Å²) in [5.74, 6) is 0. The molecule has 2 N–H and O–H groups in total. The van der Waals surface area contributed by atoms with Crippen LogP contribution in [0, 0.1) is 0 Å². The van der Waals surface area contributed by atoms with Crippen LogP contribution in [-0.2, 0) is 44.7 Å². The van der Waals surface area contributed by atoms with Crippen LogP contribution in [0.5, 0.6) is 0 Å². The molecule has 0 bridgehead atoms. The van der Waals surface area contributed by atoms with Gasteiger partial charge in [-0.05, 0) is 0 Å². The monoisotopic (exact) mass is 315 g/mol. The van der Waals surface area contributed by atoms with Gasteiger partial charge in [0.15, 0.2) is 0 Å². The van der Waals surface area contributed by atoms with Crippen molar-refractivity contribution in [3.8, 4) is 0 Å². The summed E-state index contributed by atoms with van der Waals surface area (Å²) in [5.41, 5.74) is 0. The third-order valence-electron chi connectivity index (χ3n) is 1.01. The first-order valence-electron chi connectivity index (χ1n) is 3.49. The van der Waals surface area contributed by atoms with Crippen molar-refractivity contribution in [1.82, 2.24) is 0 Å². The van der Waals surface area contributed by atoms with Gasteiger partial charge in [0.05, 0.1) is 24.6 Å². The Bertz CT molecular complexity index is 446. The van der Waals surface area contributed by atoms with Gasteiger partial charge in [-0.15, -0.1) is 0 Å². The molecule has 0 aliphatic heterocycles. The molecule has 0 aliphatic carbocycles. The maximum atomic E-state index is 10.3. The standard InChI is InChI=1S/C3H8O11S3/c4-15(5)12-1-3(14-17(9,10)11)2-13-16(6,7)8/h3H,1-2H2,(H,4,5)(H,6,7,8)(H,9,10,11)/p-1. The molecule has 2 unspecified atom stereocenters. The normalized spacial score (nSPS) is 16.6. The smallest absolute Gasteiger partial charge is 0.397 e. The van der Waals surface area contributed by atoms with Gasteiger partial charge in [0.25, 0.3) is 0 Å². The van der Waals surface area contributed by atoms with Crippen LogP contribution in [0.4, 0.5) is 0 Å².